The van der Waals surface area contributed by atoms with Gasteiger partial charge in [-0.05, 0) is 44.2 Å². The lowest BCUT2D eigenvalue weighted by Gasteiger charge is -2.19. The number of ether oxygens (including phenoxy) is 1. The van der Waals surface area contributed by atoms with E-state index in [1.165, 1.54) is 31.5 Å². The molecule has 4 rings (SSSR count). The standard InChI is InChI=1S/C29H33ClN6O2/c1-20-12-14-24(15-13-20)36-27(18-25(35-36)22-8-4-3-5-9-22)34-29(37)32-19-23-10-6-7-11-26(23)38-28(16-17-31)33-21(2)30/h6-7,10-18,22H,2-5,8-9,19,31H2,1H3,(H2,32,34,37)/b17-16-,33-28?. The van der Waals surface area contributed by atoms with Crippen LogP contribution in [0, 0.1) is 6.92 Å². The molecule has 2 aromatic carbocycles. The fraction of sp³-hybridized carbons (Fsp3) is 0.276. The van der Waals surface area contributed by atoms with Crippen LogP contribution < -0.4 is 21.1 Å². The molecule has 1 fully saturated rings. The van der Waals surface area contributed by atoms with Crippen LogP contribution >= 0.6 is 11.6 Å². The number of halogens is 1. The van der Waals surface area contributed by atoms with E-state index in [2.05, 4.69) is 22.2 Å². The molecule has 1 saturated carbocycles. The molecular formula is C29H33ClN6O2. The van der Waals surface area contributed by atoms with Crippen molar-refractivity contribution in [2.24, 2.45) is 10.7 Å². The van der Waals surface area contributed by atoms with Crippen molar-refractivity contribution in [3.63, 3.8) is 0 Å². The van der Waals surface area contributed by atoms with E-state index in [0.29, 0.717) is 17.5 Å². The van der Waals surface area contributed by atoms with Gasteiger partial charge in [0, 0.05) is 30.2 Å². The van der Waals surface area contributed by atoms with Crippen LogP contribution in [0.1, 0.15) is 54.8 Å². The average Bonchev–Trinajstić information content (AvgIpc) is 3.32. The molecule has 2 amide bonds. The number of benzene rings is 2. The predicted octanol–water partition coefficient (Wildman–Crippen LogP) is 6.51. The fourth-order valence-corrected chi connectivity index (χ4v) is 4.55. The zero-order valence-corrected chi connectivity index (χ0v) is 22.2. The van der Waals surface area contributed by atoms with Crippen LogP contribution in [0.3, 0.4) is 0 Å². The van der Waals surface area contributed by atoms with E-state index in [-0.39, 0.29) is 23.6 Å². The van der Waals surface area contributed by atoms with Gasteiger partial charge in [0.1, 0.15) is 16.7 Å². The van der Waals surface area contributed by atoms with Crippen molar-refractivity contribution in [1.82, 2.24) is 15.1 Å². The van der Waals surface area contributed by atoms with Gasteiger partial charge in [-0.25, -0.2) is 14.5 Å². The number of hydrogen-bond donors (Lipinski definition) is 3. The lowest BCUT2D eigenvalue weighted by Crippen LogP contribution is -2.29. The maximum atomic E-state index is 13.0. The van der Waals surface area contributed by atoms with Gasteiger partial charge in [-0.2, -0.15) is 5.10 Å². The highest BCUT2D eigenvalue weighted by atomic mass is 35.5. The number of aliphatic imine (C=N–C) groups is 1. The molecule has 0 unspecified atom stereocenters. The molecule has 8 nitrogen and oxygen atoms in total. The van der Waals surface area contributed by atoms with E-state index < -0.39 is 0 Å². The molecule has 0 aliphatic heterocycles. The molecule has 0 saturated heterocycles. The number of amides is 2. The van der Waals surface area contributed by atoms with Crippen LogP contribution in [0.15, 0.2) is 83.6 Å². The number of nitrogens with two attached hydrogens (primary N) is 1. The molecule has 198 valence electrons. The topological polar surface area (TPSA) is 107 Å². The lowest BCUT2D eigenvalue weighted by molar-refractivity contribution is 0.251. The van der Waals surface area contributed by atoms with Crippen molar-refractivity contribution in [1.29, 1.82) is 0 Å². The van der Waals surface area contributed by atoms with Gasteiger partial charge in [0.15, 0.2) is 0 Å². The number of aromatic nitrogens is 2. The largest absolute Gasteiger partial charge is 0.439 e. The van der Waals surface area contributed by atoms with Crippen molar-refractivity contribution in [3.8, 4) is 11.4 Å². The Balaban J connectivity index is 1.50. The van der Waals surface area contributed by atoms with Crippen molar-refractivity contribution < 1.29 is 9.53 Å². The first-order valence-corrected chi connectivity index (χ1v) is 13.1. The van der Waals surface area contributed by atoms with Crippen molar-refractivity contribution >= 4 is 29.3 Å². The number of nitrogens with one attached hydrogen (secondary N) is 2. The Kier molecular flexibility index (Phi) is 9.21. The highest BCUT2D eigenvalue weighted by Crippen LogP contribution is 2.33. The molecule has 9 heteroatoms. The summed E-state index contributed by atoms with van der Waals surface area (Å²) in [6, 6.07) is 17.0. The molecule has 1 aliphatic rings. The van der Waals surface area contributed by atoms with Gasteiger partial charge < -0.3 is 15.8 Å². The van der Waals surface area contributed by atoms with Crippen molar-refractivity contribution in [2.45, 2.75) is 51.5 Å². The second-order valence-corrected chi connectivity index (χ2v) is 9.68. The van der Waals surface area contributed by atoms with Gasteiger partial charge in [0.2, 0.25) is 5.90 Å². The van der Waals surface area contributed by atoms with E-state index in [9.17, 15) is 4.79 Å². The summed E-state index contributed by atoms with van der Waals surface area (Å²) in [6.07, 6.45) is 8.69. The Labute approximate surface area is 228 Å². The number of carbonyl (C=O) groups is 1. The van der Waals surface area contributed by atoms with Gasteiger partial charge in [0.25, 0.3) is 0 Å². The highest BCUT2D eigenvalue weighted by Gasteiger charge is 2.21. The Morgan fingerprint density at radius 1 is 1.21 bits per heavy atom. The number of anilines is 1. The van der Waals surface area contributed by atoms with Crippen LogP contribution in [0.5, 0.6) is 5.75 Å². The number of carbonyl (C=O) groups excluding carboxylic acids is 1. The van der Waals surface area contributed by atoms with E-state index in [1.807, 2.05) is 55.5 Å². The molecule has 3 aromatic rings. The summed E-state index contributed by atoms with van der Waals surface area (Å²) in [6.45, 7) is 5.82. The van der Waals surface area contributed by atoms with Crippen molar-refractivity contribution in [3.05, 3.63) is 95.4 Å². The second kappa shape index (κ2) is 13.0. The molecule has 0 spiro atoms. The zero-order valence-electron chi connectivity index (χ0n) is 21.5. The van der Waals surface area contributed by atoms with Gasteiger partial charge in [0.05, 0.1) is 11.4 Å². The minimum absolute atomic E-state index is 0.0610. The molecule has 4 N–H and O–H groups in total. The Morgan fingerprint density at radius 2 is 1.95 bits per heavy atom. The molecule has 38 heavy (non-hydrogen) atoms. The third-order valence-corrected chi connectivity index (χ3v) is 6.45. The monoisotopic (exact) mass is 532 g/mol. The first kappa shape index (κ1) is 27.0. The zero-order chi connectivity index (χ0) is 26.9. The summed E-state index contributed by atoms with van der Waals surface area (Å²) >= 11 is 5.80. The number of hydrogen-bond acceptors (Lipinski definition) is 5. The van der Waals surface area contributed by atoms with Gasteiger partial charge in [-0.15, -0.1) is 0 Å². The SMILES string of the molecule is C=C(Cl)N=C(/C=C\N)Oc1ccccc1CNC(=O)Nc1cc(C2CCCCC2)nn1-c1ccc(C)cc1. The molecule has 1 heterocycles. The highest BCUT2D eigenvalue weighted by molar-refractivity contribution is 6.29. The second-order valence-electron chi connectivity index (χ2n) is 9.24. The summed E-state index contributed by atoms with van der Waals surface area (Å²) in [5.74, 6) is 1.72. The van der Waals surface area contributed by atoms with E-state index in [1.54, 1.807) is 10.7 Å². The van der Waals surface area contributed by atoms with Crippen LogP contribution in [0.25, 0.3) is 5.69 Å². The molecule has 0 atom stereocenters. The molecule has 1 aliphatic carbocycles. The van der Waals surface area contributed by atoms with Crippen LogP contribution in [0.2, 0.25) is 0 Å². The molecular weight excluding hydrogens is 500 g/mol. The average molecular weight is 533 g/mol. The quantitative estimate of drug-likeness (QED) is 0.174. The van der Waals surface area contributed by atoms with Gasteiger partial charge >= 0.3 is 6.03 Å². The Hall–Kier alpha value is -4.04. The lowest BCUT2D eigenvalue weighted by atomic mass is 9.87. The Bertz CT molecular complexity index is 1320. The van der Waals surface area contributed by atoms with Crippen LogP contribution in [0.4, 0.5) is 10.6 Å². The summed E-state index contributed by atoms with van der Waals surface area (Å²) < 4.78 is 7.66. The first-order valence-electron chi connectivity index (χ1n) is 12.7. The summed E-state index contributed by atoms with van der Waals surface area (Å²) in [7, 11) is 0. The number of aryl methyl sites for hydroxylation is 1. The van der Waals surface area contributed by atoms with Gasteiger partial charge in [-0.3, -0.25) is 5.32 Å². The third-order valence-electron chi connectivity index (χ3n) is 6.37. The fourth-order valence-electron chi connectivity index (χ4n) is 4.46. The number of para-hydroxylation sites is 1. The predicted molar refractivity (Wildman–Crippen MR) is 153 cm³/mol. The van der Waals surface area contributed by atoms with Crippen LogP contribution in [-0.4, -0.2) is 21.7 Å². The van der Waals surface area contributed by atoms with Gasteiger partial charge in [-0.1, -0.05) is 73.3 Å². The number of rotatable bonds is 8. The smallest absolute Gasteiger partial charge is 0.320 e. The third kappa shape index (κ3) is 7.26. The minimum Gasteiger partial charge on any atom is -0.439 e. The van der Waals surface area contributed by atoms with E-state index in [4.69, 9.17) is 27.2 Å². The number of nitrogens with zero attached hydrogens (tertiary/aromatic N) is 3. The van der Waals surface area contributed by atoms with E-state index in [0.717, 1.165) is 35.3 Å². The molecule has 0 radical (unpaired) electrons. The normalized spacial score (nSPS) is 14.4. The minimum atomic E-state index is -0.354. The summed E-state index contributed by atoms with van der Waals surface area (Å²) in [5, 5.41) is 10.9. The number of urea groups is 1. The van der Waals surface area contributed by atoms with Crippen LogP contribution in [-0.2, 0) is 6.54 Å². The summed E-state index contributed by atoms with van der Waals surface area (Å²) in [4.78, 5) is 17.0. The maximum Gasteiger partial charge on any atom is 0.320 e. The first-order chi connectivity index (χ1) is 18.4. The van der Waals surface area contributed by atoms with Crippen molar-refractivity contribution in [2.75, 3.05) is 5.32 Å². The van der Waals surface area contributed by atoms with E-state index >= 15 is 0 Å². The molecule has 0 bridgehead atoms. The maximum absolute atomic E-state index is 13.0. The molecule has 1 aromatic heterocycles. The Morgan fingerprint density at radius 3 is 2.66 bits per heavy atom. The summed E-state index contributed by atoms with van der Waals surface area (Å²) in [5.41, 5.74) is 9.31.